The number of hydrogen-bond acceptors (Lipinski definition) is 2. The zero-order valence-corrected chi connectivity index (χ0v) is 7.89. The molecule has 1 unspecified atom stereocenters. The van der Waals surface area contributed by atoms with Crippen molar-refractivity contribution >= 4 is 0 Å². The van der Waals surface area contributed by atoms with Gasteiger partial charge in [0.15, 0.2) is 0 Å². The summed E-state index contributed by atoms with van der Waals surface area (Å²) in [5.74, 6) is 1.18. The van der Waals surface area contributed by atoms with Crippen LogP contribution >= 0.6 is 0 Å². The Morgan fingerprint density at radius 2 is 2.33 bits per heavy atom. The minimum atomic E-state index is 0.458. The standard InChI is InChI=1S/C10H17NO/c1-10(5-6-10)9(11-2)8-4-3-7-12-8/h4,9,11H,3,5-7H2,1-2H3. The van der Waals surface area contributed by atoms with Crippen molar-refractivity contribution in [1.29, 1.82) is 0 Å². The average Bonchev–Trinajstić information content (AvgIpc) is 2.63. The Labute approximate surface area is 74.0 Å². The summed E-state index contributed by atoms with van der Waals surface area (Å²) < 4.78 is 5.57. The first-order valence-electron chi connectivity index (χ1n) is 4.76. The van der Waals surface area contributed by atoms with Gasteiger partial charge in [-0.3, -0.25) is 0 Å². The molecule has 0 aromatic rings. The first kappa shape index (κ1) is 8.11. The van der Waals surface area contributed by atoms with Crippen molar-refractivity contribution in [3.05, 3.63) is 11.8 Å². The van der Waals surface area contributed by atoms with E-state index in [1.165, 1.54) is 18.6 Å². The predicted molar refractivity (Wildman–Crippen MR) is 48.8 cm³/mol. The van der Waals surface area contributed by atoms with E-state index in [1.807, 2.05) is 7.05 Å². The highest BCUT2D eigenvalue weighted by molar-refractivity contribution is 5.16. The van der Waals surface area contributed by atoms with Gasteiger partial charge in [-0.25, -0.2) is 0 Å². The summed E-state index contributed by atoms with van der Waals surface area (Å²) in [6.07, 6.45) is 5.98. The smallest absolute Gasteiger partial charge is 0.110 e. The van der Waals surface area contributed by atoms with Gasteiger partial charge in [-0.1, -0.05) is 6.92 Å². The van der Waals surface area contributed by atoms with Gasteiger partial charge >= 0.3 is 0 Å². The molecule has 2 heteroatoms. The van der Waals surface area contributed by atoms with Crippen molar-refractivity contribution in [3.8, 4) is 0 Å². The molecule has 2 nitrogen and oxygen atoms in total. The number of rotatable bonds is 3. The van der Waals surface area contributed by atoms with E-state index >= 15 is 0 Å². The second-order valence-corrected chi connectivity index (χ2v) is 4.12. The van der Waals surface area contributed by atoms with Crippen molar-refractivity contribution in [2.45, 2.75) is 32.2 Å². The molecule has 2 rings (SSSR count). The SMILES string of the molecule is CNC(C1=CCCO1)C1(C)CC1. The van der Waals surface area contributed by atoms with Crippen molar-refractivity contribution in [2.24, 2.45) is 5.41 Å². The van der Waals surface area contributed by atoms with E-state index in [0.29, 0.717) is 11.5 Å². The monoisotopic (exact) mass is 167 g/mol. The summed E-state index contributed by atoms with van der Waals surface area (Å²) in [5.41, 5.74) is 0.477. The highest BCUT2D eigenvalue weighted by atomic mass is 16.5. The summed E-state index contributed by atoms with van der Waals surface area (Å²) in [7, 11) is 2.02. The van der Waals surface area contributed by atoms with E-state index in [4.69, 9.17) is 4.74 Å². The maximum atomic E-state index is 5.57. The predicted octanol–water partition coefficient (Wildman–Crippen LogP) is 1.68. The highest BCUT2D eigenvalue weighted by Crippen LogP contribution is 2.50. The van der Waals surface area contributed by atoms with Crippen LogP contribution in [0.5, 0.6) is 0 Å². The molecule has 1 aliphatic carbocycles. The largest absolute Gasteiger partial charge is 0.496 e. The Morgan fingerprint density at radius 3 is 2.75 bits per heavy atom. The number of ether oxygens (including phenoxy) is 1. The van der Waals surface area contributed by atoms with E-state index < -0.39 is 0 Å². The normalized spacial score (nSPS) is 27.7. The fraction of sp³-hybridized carbons (Fsp3) is 0.800. The second-order valence-electron chi connectivity index (χ2n) is 4.12. The summed E-state index contributed by atoms with van der Waals surface area (Å²) >= 11 is 0. The Balaban J connectivity index is 2.07. The molecular formula is C10H17NO. The fourth-order valence-electron chi connectivity index (χ4n) is 1.96. The molecule has 1 N–H and O–H groups in total. The Bertz CT molecular complexity index is 206. The topological polar surface area (TPSA) is 21.3 Å². The molecule has 1 atom stereocenters. The molecule has 0 saturated heterocycles. The minimum Gasteiger partial charge on any atom is -0.496 e. The molecule has 0 bridgehead atoms. The number of likely N-dealkylation sites (N-methyl/N-ethyl adjacent to an activating group) is 1. The van der Waals surface area contributed by atoms with Gasteiger partial charge in [0.05, 0.1) is 12.6 Å². The zero-order valence-electron chi connectivity index (χ0n) is 7.89. The fourth-order valence-corrected chi connectivity index (χ4v) is 1.96. The molecular weight excluding hydrogens is 150 g/mol. The van der Waals surface area contributed by atoms with E-state index in [2.05, 4.69) is 18.3 Å². The Kier molecular flexibility index (Phi) is 1.87. The van der Waals surface area contributed by atoms with Crippen molar-refractivity contribution in [1.82, 2.24) is 5.32 Å². The number of nitrogens with one attached hydrogen (secondary N) is 1. The van der Waals surface area contributed by atoms with Gasteiger partial charge in [-0.15, -0.1) is 0 Å². The van der Waals surface area contributed by atoms with Gasteiger partial charge in [0.25, 0.3) is 0 Å². The number of hydrogen-bond donors (Lipinski definition) is 1. The first-order valence-corrected chi connectivity index (χ1v) is 4.76. The maximum absolute atomic E-state index is 5.57. The molecule has 0 amide bonds. The molecule has 0 spiro atoms. The lowest BCUT2D eigenvalue weighted by Gasteiger charge is -2.23. The third kappa shape index (κ3) is 1.24. The highest BCUT2D eigenvalue weighted by Gasteiger charge is 2.46. The zero-order chi connectivity index (χ0) is 8.60. The third-order valence-electron chi connectivity index (χ3n) is 3.04. The summed E-state index contributed by atoms with van der Waals surface area (Å²) in [6, 6.07) is 0.458. The van der Waals surface area contributed by atoms with Crippen LogP contribution in [-0.4, -0.2) is 19.7 Å². The molecule has 2 aliphatic rings. The van der Waals surface area contributed by atoms with Crippen LogP contribution in [0.1, 0.15) is 26.2 Å². The molecule has 1 fully saturated rings. The molecule has 1 aliphatic heterocycles. The molecule has 0 radical (unpaired) electrons. The average molecular weight is 167 g/mol. The minimum absolute atomic E-state index is 0.458. The molecule has 0 aromatic carbocycles. The van der Waals surface area contributed by atoms with Gasteiger partial charge < -0.3 is 10.1 Å². The summed E-state index contributed by atoms with van der Waals surface area (Å²) in [5, 5.41) is 3.35. The summed E-state index contributed by atoms with van der Waals surface area (Å²) in [4.78, 5) is 0. The van der Waals surface area contributed by atoms with Crippen LogP contribution in [0.3, 0.4) is 0 Å². The Hall–Kier alpha value is -0.500. The van der Waals surface area contributed by atoms with Crippen molar-refractivity contribution in [3.63, 3.8) is 0 Å². The maximum Gasteiger partial charge on any atom is 0.110 e. The van der Waals surface area contributed by atoms with Crippen molar-refractivity contribution < 1.29 is 4.74 Å². The van der Waals surface area contributed by atoms with E-state index in [-0.39, 0.29) is 0 Å². The second kappa shape index (κ2) is 2.77. The van der Waals surface area contributed by atoms with Crippen LogP contribution in [0.2, 0.25) is 0 Å². The molecule has 0 aromatic heterocycles. The lowest BCUT2D eigenvalue weighted by molar-refractivity contribution is 0.194. The molecule has 1 heterocycles. The molecule has 68 valence electrons. The van der Waals surface area contributed by atoms with E-state index in [1.54, 1.807) is 0 Å². The van der Waals surface area contributed by atoms with Crippen LogP contribution in [0, 0.1) is 5.41 Å². The van der Waals surface area contributed by atoms with Gasteiger partial charge in [0, 0.05) is 6.42 Å². The van der Waals surface area contributed by atoms with Crippen LogP contribution < -0.4 is 5.32 Å². The quantitative estimate of drug-likeness (QED) is 0.690. The summed E-state index contributed by atoms with van der Waals surface area (Å²) in [6.45, 7) is 3.21. The van der Waals surface area contributed by atoms with Gasteiger partial charge in [0.1, 0.15) is 5.76 Å². The van der Waals surface area contributed by atoms with Crippen LogP contribution in [0.4, 0.5) is 0 Å². The molecule has 12 heavy (non-hydrogen) atoms. The third-order valence-corrected chi connectivity index (χ3v) is 3.04. The van der Waals surface area contributed by atoms with Crippen LogP contribution in [0.15, 0.2) is 11.8 Å². The van der Waals surface area contributed by atoms with E-state index in [9.17, 15) is 0 Å². The van der Waals surface area contributed by atoms with Gasteiger partial charge in [-0.05, 0) is 31.4 Å². The van der Waals surface area contributed by atoms with Gasteiger partial charge in [0.2, 0.25) is 0 Å². The van der Waals surface area contributed by atoms with Gasteiger partial charge in [-0.2, -0.15) is 0 Å². The van der Waals surface area contributed by atoms with Crippen LogP contribution in [-0.2, 0) is 4.74 Å². The lowest BCUT2D eigenvalue weighted by Crippen LogP contribution is -2.35. The molecule has 1 saturated carbocycles. The first-order chi connectivity index (χ1) is 5.76. The van der Waals surface area contributed by atoms with Crippen LogP contribution in [0.25, 0.3) is 0 Å². The van der Waals surface area contributed by atoms with Crippen molar-refractivity contribution in [2.75, 3.05) is 13.7 Å². The Morgan fingerprint density at radius 1 is 1.58 bits per heavy atom. The lowest BCUT2D eigenvalue weighted by atomic mass is 9.97. The van der Waals surface area contributed by atoms with E-state index in [0.717, 1.165) is 13.0 Å².